The van der Waals surface area contributed by atoms with Gasteiger partial charge in [-0.3, -0.25) is 0 Å². The van der Waals surface area contributed by atoms with E-state index in [1.807, 2.05) is 6.07 Å². The van der Waals surface area contributed by atoms with E-state index in [9.17, 15) is 0 Å². The van der Waals surface area contributed by atoms with Crippen LogP contribution >= 0.6 is 27.5 Å². The lowest BCUT2D eigenvalue weighted by atomic mass is 10.2. The van der Waals surface area contributed by atoms with Crippen molar-refractivity contribution < 1.29 is 0 Å². The van der Waals surface area contributed by atoms with Gasteiger partial charge in [0.1, 0.15) is 0 Å². The number of benzene rings is 1. The van der Waals surface area contributed by atoms with Crippen LogP contribution < -0.4 is 0 Å². The van der Waals surface area contributed by atoms with Crippen LogP contribution in [0.2, 0.25) is 5.02 Å². The van der Waals surface area contributed by atoms with Crippen LogP contribution in [0.25, 0.3) is 11.4 Å². The fourth-order valence-corrected chi connectivity index (χ4v) is 1.66. The first-order valence-corrected chi connectivity index (χ1v) is 5.03. The van der Waals surface area contributed by atoms with Crippen LogP contribution in [0.5, 0.6) is 0 Å². The molecule has 0 unspecified atom stereocenters. The zero-order valence-corrected chi connectivity index (χ0v) is 9.62. The summed E-state index contributed by atoms with van der Waals surface area (Å²) in [5.41, 5.74) is 0.839. The van der Waals surface area contributed by atoms with E-state index >= 15 is 0 Å². The average Bonchev–Trinajstić information content (AvgIpc) is 2.56. The van der Waals surface area contributed by atoms with Crippen molar-refractivity contribution in [2.45, 2.75) is 0 Å². The van der Waals surface area contributed by atoms with Gasteiger partial charge in [-0.05, 0) is 23.4 Å². The molecule has 0 fully saturated rings. The quantitative estimate of drug-likeness (QED) is 0.801. The molecule has 0 bridgehead atoms. The molecule has 2 aromatic rings. The minimum absolute atomic E-state index is 0.557. The number of aryl methyl sites for hydroxylation is 1. The molecule has 2 rings (SSSR count). The van der Waals surface area contributed by atoms with Crippen LogP contribution in [-0.2, 0) is 7.05 Å². The number of rotatable bonds is 1. The molecular formula is C8H6BrClN4. The first-order valence-electron chi connectivity index (χ1n) is 3.86. The van der Waals surface area contributed by atoms with Crippen molar-refractivity contribution in [2.24, 2.45) is 7.05 Å². The molecule has 0 saturated carbocycles. The van der Waals surface area contributed by atoms with Gasteiger partial charge in [0.25, 0.3) is 0 Å². The van der Waals surface area contributed by atoms with Gasteiger partial charge in [-0.1, -0.05) is 27.5 Å². The normalized spacial score (nSPS) is 10.5. The summed E-state index contributed by atoms with van der Waals surface area (Å²) < 4.78 is 0.898. The standard InChI is InChI=1S/C8H6BrClN4/c1-14-12-8(11-13-14)6-4-5(10)2-3-7(6)9/h2-4H,1H3. The van der Waals surface area contributed by atoms with Gasteiger partial charge < -0.3 is 0 Å². The van der Waals surface area contributed by atoms with Gasteiger partial charge >= 0.3 is 0 Å². The molecule has 0 radical (unpaired) electrons. The number of aromatic nitrogens is 4. The summed E-state index contributed by atoms with van der Waals surface area (Å²) >= 11 is 9.27. The number of hydrogen-bond donors (Lipinski definition) is 0. The van der Waals surface area contributed by atoms with E-state index in [-0.39, 0.29) is 0 Å². The molecule has 0 aliphatic rings. The van der Waals surface area contributed by atoms with Crippen molar-refractivity contribution >= 4 is 27.5 Å². The molecule has 0 N–H and O–H groups in total. The maximum Gasteiger partial charge on any atom is 0.206 e. The third-order valence-corrected chi connectivity index (χ3v) is 2.60. The molecule has 0 saturated heterocycles. The largest absolute Gasteiger partial charge is 0.206 e. The summed E-state index contributed by atoms with van der Waals surface area (Å²) in [5.74, 6) is 0.557. The summed E-state index contributed by atoms with van der Waals surface area (Å²) in [7, 11) is 1.72. The zero-order valence-electron chi connectivity index (χ0n) is 7.28. The van der Waals surface area contributed by atoms with Crippen molar-refractivity contribution in [2.75, 3.05) is 0 Å². The van der Waals surface area contributed by atoms with Crippen LogP contribution in [0.1, 0.15) is 0 Å². The van der Waals surface area contributed by atoms with Gasteiger partial charge in [0.2, 0.25) is 5.82 Å². The summed E-state index contributed by atoms with van der Waals surface area (Å²) in [6.45, 7) is 0. The lowest BCUT2D eigenvalue weighted by Gasteiger charge is -1.98. The molecule has 0 aliphatic carbocycles. The predicted octanol–water partition coefficient (Wildman–Crippen LogP) is 2.29. The van der Waals surface area contributed by atoms with E-state index in [0.717, 1.165) is 10.0 Å². The molecule has 0 amide bonds. The Labute approximate surface area is 94.0 Å². The van der Waals surface area contributed by atoms with E-state index in [0.29, 0.717) is 10.8 Å². The Balaban J connectivity index is 2.55. The van der Waals surface area contributed by atoms with Crippen molar-refractivity contribution in [3.05, 3.63) is 27.7 Å². The highest BCUT2D eigenvalue weighted by Gasteiger charge is 2.08. The second-order valence-corrected chi connectivity index (χ2v) is 4.02. The average molecular weight is 274 g/mol. The Morgan fingerprint density at radius 2 is 2.21 bits per heavy atom. The Morgan fingerprint density at radius 3 is 2.86 bits per heavy atom. The Morgan fingerprint density at radius 1 is 1.43 bits per heavy atom. The molecule has 1 heterocycles. The lowest BCUT2D eigenvalue weighted by molar-refractivity contribution is 0.630. The second-order valence-electron chi connectivity index (χ2n) is 2.73. The molecule has 0 aliphatic heterocycles. The smallest absolute Gasteiger partial charge is 0.167 e. The molecule has 0 spiro atoms. The van der Waals surface area contributed by atoms with Gasteiger partial charge in [0, 0.05) is 15.1 Å². The molecule has 14 heavy (non-hydrogen) atoms. The topological polar surface area (TPSA) is 43.6 Å². The van der Waals surface area contributed by atoms with Crippen molar-refractivity contribution in [1.29, 1.82) is 0 Å². The van der Waals surface area contributed by atoms with Crippen LogP contribution in [0.15, 0.2) is 22.7 Å². The van der Waals surface area contributed by atoms with E-state index in [4.69, 9.17) is 11.6 Å². The monoisotopic (exact) mass is 272 g/mol. The second kappa shape index (κ2) is 3.67. The summed E-state index contributed by atoms with van der Waals surface area (Å²) in [6.07, 6.45) is 0. The minimum atomic E-state index is 0.557. The fourth-order valence-electron chi connectivity index (χ4n) is 1.06. The van der Waals surface area contributed by atoms with Gasteiger partial charge in [-0.2, -0.15) is 4.80 Å². The molecule has 6 heteroatoms. The Bertz CT molecular complexity index is 468. The van der Waals surface area contributed by atoms with E-state index in [1.165, 1.54) is 4.80 Å². The highest BCUT2D eigenvalue weighted by molar-refractivity contribution is 9.10. The maximum absolute atomic E-state index is 5.87. The SMILES string of the molecule is Cn1nnc(-c2cc(Cl)ccc2Br)n1. The molecule has 1 aromatic heterocycles. The van der Waals surface area contributed by atoms with E-state index in [2.05, 4.69) is 31.3 Å². The van der Waals surface area contributed by atoms with Crippen LogP contribution in [0.4, 0.5) is 0 Å². The van der Waals surface area contributed by atoms with Crippen molar-refractivity contribution in [3.8, 4) is 11.4 Å². The highest BCUT2D eigenvalue weighted by atomic mass is 79.9. The first-order chi connectivity index (χ1) is 6.66. The molecule has 1 aromatic carbocycles. The van der Waals surface area contributed by atoms with E-state index in [1.54, 1.807) is 19.2 Å². The van der Waals surface area contributed by atoms with Crippen LogP contribution in [0, 0.1) is 0 Å². The van der Waals surface area contributed by atoms with Crippen molar-refractivity contribution in [3.63, 3.8) is 0 Å². The summed E-state index contributed by atoms with van der Waals surface area (Å²) in [5, 5.41) is 12.4. The Kier molecular flexibility index (Phi) is 2.52. The molecular weight excluding hydrogens is 267 g/mol. The van der Waals surface area contributed by atoms with Gasteiger partial charge in [0.15, 0.2) is 0 Å². The Hall–Kier alpha value is -0.940. The van der Waals surface area contributed by atoms with Crippen molar-refractivity contribution in [1.82, 2.24) is 20.2 Å². The lowest BCUT2D eigenvalue weighted by Crippen LogP contribution is -1.92. The number of nitrogens with zero attached hydrogens (tertiary/aromatic N) is 4. The predicted molar refractivity (Wildman–Crippen MR) is 56.9 cm³/mol. The molecule has 0 atom stereocenters. The highest BCUT2D eigenvalue weighted by Crippen LogP contribution is 2.27. The third kappa shape index (κ3) is 1.78. The summed E-state index contributed by atoms with van der Waals surface area (Å²) in [6, 6.07) is 5.45. The van der Waals surface area contributed by atoms with Gasteiger partial charge in [0.05, 0.1) is 7.05 Å². The first kappa shape index (κ1) is 9.61. The molecule has 4 nitrogen and oxygen atoms in total. The number of halogens is 2. The minimum Gasteiger partial charge on any atom is -0.167 e. The fraction of sp³-hybridized carbons (Fsp3) is 0.125. The number of hydrogen-bond acceptors (Lipinski definition) is 3. The van der Waals surface area contributed by atoms with Gasteiger partial charge in [-0.25, -0.2) is 0 Å². The third-order valence-electron chi connectivity index (χ3n) is 1.68. The van der Waals surface area contributed by atoms with E-state index < -0.39 is 0 Å². The number of tetrazole rings is 1. The van der Waals surface area contributed by atoms with Gasteiger partial charge in [-0.15, -0.1) is 10.2 Å². The molecule has 72 valence electrons. The van der Waals surface area contributed by atoms with Crippen LogP contribution in [-0.4, -0.2) is 20.2 Å². The van der Waals surface area contributed by atoms with Crippen LogP contribution in [0.3, 0.4) is 0 Å². The zero-order chi connectivity index (χ0) is 10.1. The summed E-state index contributed by atoms with van der Waals surface area (Å²) in [4.78, 5) is 1.41. The maximum atomic E-state index is 5.87.